The van der Waals surface area contributed by atoms with Crippen LogP contribution < -0.4 is 0 Å². The van der Waals surface area contributed by atoms with Gasteiger partial charge in [0, 0.05) is 50.2 Å². The van der Waals surface area contributed by atoms with E-state index in [2.05, 4.69) is 40.3 Å². The summed E-state index contributed by atoms with van der Waals surface area (Å²) in [6, 6.07) is 39.2. The molecule has 0 amide bonds. The monoisotopic (exact) mass is 666 g/mol. The molecule has 38 heavy (non-hydrogen) atoms. The first-order chi connectivity index (χ1) is 18.1. The first-order valence-corrected chi connectivity index (χ1v) is 11.3. The summed E-state index contributed by atoms with van der Waals surface area (Å²) in [5.41, 5.74) is 6.72. The number of benzene rings is 3. The van der Waals surface area contributed by atoms with Gasteiger partial charge < -0.3 is 9.97 Å². The summed E-state index contributed by atoms with van der Waals surface area (Å²) in [7, 11) is 0. The van der Waals surface area contributed by atoms with E-state index in [1.54, 1.807) is 12.3 Å². The Bertz CT molecular complexity index is 1590. The summed E-state index contributed by atoms with van der Waals surface area (Å²) in [5.74, 6) is 0. The van der Waals surface area contributed by atoms with E-state index in [0.29, 0.717) is 11.3 Å². The van der Waals surface area contributed by atoms with Crippen LogP contribution in [0.25, 0.3) is 33.6 Å². The Morgan fingerprint density at radius 2 is 1.47 bits per heavy atom. The van der Waals surface area contributed by atoms with Crippen LogP contribution in [0.15, 0.2) is 97.3 Å². The minimum absolute atomic E-state index is 0. The third-order valence-electron chi connectivity index (χ3n) is 5.49. The molecular weight excluding hydrogens is 647 g/mol. The Balaban J connectivity index is 0.000000205. The van der Waals surface area contributed by atoms with Crippen LogP contribution in [0.1, 0.15) is 22.3 Å². The molecule has 2 heterocycles. The number of nitrogens with zero attached hydrogens (tertiary/aromatic N) is 5. The first-order valence-electron chi connectivity index (χ1n) is 11.3. The molecule has 183 valence electrons. The summed E-state index contributed by atoms with van der Waals surface area (Å²) in [6.07, 6.45) is 3.52. The van der Waals surface area contributed by atoms with E-state index < -0.39 is 0 Å². The number of aryl methyl sites for hydroxylation is 1. The fourth-order valence-electron chi connectivity index (χ4n) is 3.62. The molecule has 0 spiro atoms. The van der Waals surface area contributed by atoms with E-state index in [-0.39, 0.29) is 36.8 Å². The number of aromatic nitrogens is 2. The molecule has 0 saturated heterocycles. The molecule has 5 rings (SSSR count). The largest absolute Gasteiger partial charge is 0.305 e. The molecule has 0 aliphatic heterocycles. The van der Waals surface area contributed by atoms with Crippen LogP contribution in [0.4, 0.5) is 0 Å². The summed E-state index contributed by atoms with van der Waals surface area (Å²) in [5, 5.41) is 27.2. The standard InChI is InChI=1S/C17H12N.C15H7N4.Ir/c1-3-7-14(8-4-1)16-11-12-18-17(13-16)15-9-5-2-6-10-15;1-10-2-5-15(19-9-10)12-4-3-11(6-16)13(7-17)14(12)8-18;/h1-9,11-13H;2-3,5,9H,1H3;/q2*-1;. The van der Waals surface area contributed by atoms with Crippen molar-refractivity contribution in [2.45, 2.75) is 6.92 Å². The fourth-order valence-corrected chi connectivity index (χ4v) is 3.62. The van der Waals surface area contributed by atoms with Crippen LogP contribution in [0.5, 0.6) is 0 Å². The molecule has 2 aromatic heterocycles. The van der Waals surface area contributed by atoms with Crippen molar-refractivity contribution in [3.8, 4) is 51.8 Å². The number of nitriles is 3. The zero-order chi connectivity index (χ0) is 26.0. The molecule has 0 unspecified atom stereocenters. The normalized spacial score (nSPS) is 9.42. The van der Waals surface area contributed by atoms with Crippen molar-refractivity contribution in [3.05, 3.63) is 132 Å². The quantitative estimate of drug-likeness (QED) is 0.200. The average molecular weight is 666 g/mol. The molecule has 0 N–H and O–H groups in total. The zero-order valence-corrected chi connectivity index (χ0v) is 22.7. The maximum Gasteiger partial charge on any atom is 0.0815 e. The van der Waals surface area contributed by atoms with Crippen molar-refractivity contribution in [2.24, 2.45) is 0 Å². The number of hydrogen-bond donors (Lipinski definition) is 0. The van der Waals surface area contributed by atoms with Crippen LogP contribution in [0.3, 0.4) is 0 Å². The summed E-state index contributed by atoms with van der Waals surface area (Å²) >= 11 is 0. The molecule has 3 aromatic carbocycles. The summed E-state index contributed by atoms with van der Waals surface area (Å²) in [4.78, 5) is 8.62. The maximum atomic E-state index is 9.21. The average Bonchev–Trinajstić information content (AvgIpc) is 2.98. The van der Waals surface area contributed by atoms with E-state index in [9.17, 15) is 5.26 Å². The zero-order valence-electron chi connectivity index (χ0n) is 20.3. The van der Waals surface area contributed by atoms with Crippen LogP contribution in [0.2, 0.25) is 0 Å². The van der Waals surface area contributed by atoms with Crippen molar-refractivity contribution in [1.82, 2.24) is 9.97 Å². The molecule has 6 heteroatoms. The van der Waals surface area contributed by atoms with Crippen LogP contribution in [-0.4, -0.2) is 9.97 Å². The van der Waals surface area contributed by atoms with Gasteiger partial charge in [-0.15, -0.1) is 53.6 Å². The van der Waals surface area contributed by atoms with Crippen molar-refractivity contribution in [3.63, 3.8) is 0 Å². The Kier molecular flexibility index (Phi) is 9.76. The van der Waals surface area contributed by atoms with Gasteiger partial charge in [0.15, 0.2) is 0 Å². The fraction of sp³-hybridized carbons (Fsp3) is 0.0312. The van der Waals surface area contributed by atoms with Gasteiger partial charge in [-0.3, -0.25) is 0 Å². The predicted molar refractivity (Wildman–Crippen MR) is 141 cm³/mol. The SMILES string of the molecule is Cc1ccc(-c2[c-]cc(C#N)c(C#N)c2C#N)nc1.[Ir].[c-]1ccccc1-c1cc(-c2ccccc2)ccn1. The van der Waals surface area contributed by atoms with Gasteiger partial charge in [0.2, 0.25) is 0 Å². The van der Waals surface area contributed by atoms with E-state index >= 15 is 0 Å². The van der Waals surface area contributed by atoms with Gasteiger partial charge >= 0.3 is 0 Å². The van der Waals surface area contributed by atoms with E-state index in [1.165, 1.54) is 17.2 Å². The van der Waals surface area contributed by atoms with Gasteiger partial charge in [0.05, 0.1) is 6.07 Å². The predicted octanol–water partition coefficient (Wildman–Crippen LogP) is 6.69. The molecule has 0 aliphatic rings. The van der Waals surface area contributed by atoms with Gasteiger partial charge in [0.25, 0.3) is 0 Å². The molecule has 0 saturated carbocycles. The first kappa shape index (κ1) is 27.7. The molecule has 0 aliphatic carbocycles. The molecule has 1 radical (unpaired) electrons. The van der Waals surface area contributed by atoms with Gasteiger partial charge in [0.1, 0.15) is 0 Å². The topological polar surface area (TPSA) is 97.2 Å². The van der Waals surface area contributed by atoms with Gasteiger partial charge in [-0.1, -0.05) is 48.5 Å². The van der Waals surface area contributed by atoms with Crippen molar-refractivity contribution >= 4 is 0 Å². The van der Waals surface area contributed by atoms with E-state index in [0.717, 1.165) is 16.8 Å². The summed E-state index contributed by atoms with van der Waals surface area (Å²) in [6.45, 7) is 1.91. The van der Waals surface area contributed by atoms with Crippen molar-refractivity contribution < 1.29 is 20.1 Å². The van der Waals surface area contributed by atoms with Gasteiger partial charge in [-0.2, -0.15) is 5.26 Å². The summed E-state index contributed by atoms with van der Waals surface area (Å²) < 4.78 is 0. The molecule has 0 bridgehead atoms. The van der Waals surface area contributed by atoms with E-state index in [4.69, 9.17) is 10.5 Å². The minimum atomic E-state index is 0. The van der Waals surface area contributed by atoms with Crippen LogP contribution >= 0.6 is 0 Å². The smallest absolute Gasteiger partial charge is 0.0815 e. The second-order valence-electron chi connectivity index (χ2n) is 7.96. The van der Waals surface area contributed by atoms with Crippen molar-refractivity contribution in [2.75, 3.05) is 0 Å². The molecule has 5 aromatic rings. The number of rotatable bonds is 3. The van der Waals surface area contributed by atoms with Crippen LogP contribution in [-0.2, 0) is 20.1 Å². The van der Waals surface area contributed by atoms with Crippen LogP contribution in [0, 0.1) is 53.0 Å². The second-order valence-corrected chi connectivity index (χ2v) is 7.96. The van der Waals surface area contributed by atoms with Crippen molar-refractivity contribution in [1.29, 1.82) is 15.8 Å². The minimum Gasteiger partial charge on any atom is -0.305 e. The maximum absolute atomic E-state index is 9.21. The Hall–Kier alpha value is -4.92. The Morgan fingerprint density at radius 1 is 0.711 bits per heavy atom. The Morgan fingerprint density at radius 3 is 2.11 bits per heavy atom. The molecule has 0 atom stereocenters. The van der Waals surface area contributed by atoms with Gasteiger partial charge in [-0.25, -0.2) is 10.5 Å². The third-order valence-corrected chi connectivity index (χ3v) is 5.49. The molecule has 5 nitrogen and oxygen atoms in total. The molecular formula is C32H19IrN5-2. The third kappa shape index (κ3) is 6.44. The van der Waals surface area contributed by atoms with E-state index in [1.807, 2.05) is 85.9 Å². The van der Waals surface area contributed by atoms with Gasteiger partial charge in [-0.05, 0) is 52.2 Å². The second kappa shape index (κ2) is 13.4. The Labute approximate surface area is 235 Å². The number of pyridine rings is 2. The molecule has 0 fully saturated rings. The number of hydrogen-bond acceptors (Lipinski definition) is 5.